The van der Waals surface area contributed by atoms with E-state index in [0.29, 0.717) is 35.7 Å². The van der Waals surface area contributed by atoms with Gasteiger partial charge in [0.15, 0.2) is 0 Å². The number of nitrogens with one attached hydrogen (secondary N) is 1. The van der Waals surface area contributed by atoms with E-state index in [2.05, 4.69) is 19.1 Å². The van der Waals surface area contributed by atoms with Crippen LogP contribution < -0.4 is 14.5 Å². The van der Waals surface area contributed by atoms with Crippen molar-refractivity contribution in [2.24, 2.45) is 4.99 Å². The fourth-order valence-corrected chi connectivity index (χ4v) is 3.41. The third-order valence-corrected chi connectivity index (χ3v) is 4.84. The molecule has 2 amide bonds. The third kappa shape index (κ3) is 4.71. The first-order valence-corrected chi connectivity index (χ1v) is 10.0. The molecule has 1 aliphatic rings. The zero-order chi connectivity index (χ0) is 20.8. The number of carbonyl (C=O) groups is 2. The van der Waals surface area contributed by atoms with Gasteiger partial charge in [-0.05, 0) is 42.8 Å². The van der Waals surface area contributed by atoms with Crippen molar-refractivity contribution >= 4 is 23.7 Å². The van der Waals surface area contributed by atoms with E-state index in [1.54, 1.807) is 36.5 Å². The van der Waals surface area contributed by atoms with Gasteiger partial charge in [0.25, 0.3) is 5.91 Å². The van der Waals surface area contributed by atoms with Crippen molar-refractivity contribution in [1.82, 2.24) is 0 Å². The monoisotopic (exact) mass is 394 g/mol. The van der Waals surface area contributed by atoms with Gasteiger partial charge in [0.1, 0.15) is 5.75 Å². The molecule has 0 aliphatic carbocycles. The number of hydrogen-bond acceptors (Lipinski definition) is 4. The molecule has 0 unspecified atom stereocenters. The second kappa shape index (κ2) is 9.47. The lowest BCUT2D eigenvalue weighted by Gasteiger charge is -2.31. The Hall–Kier alpha value is -2.99. The van der Waals surface area contributed by atoms with Crippen molar-refractivity contribution in [1.29, 1.82) is 0 Å². The summed E-state index contributed by atoms with van der Waals surface area (Å²) in [6.07, 6.45) is 2.64. The summed E-state index contributed by atoms with van der Waals surface area (Å²) in [7, 11) is 4.20. The molecule has 3 rings (SSSR count). The smallest absolute Gasteiger partial charge is 0.265 e. The zero-order valence-electron chi connectivity index (χ0n) is 17.2. The lowest BCUT2D eigenvalue weighted by Crippen LogP contribution is -3.05. The van der Waals surface area contributed by atoms with Crippen LogP contribution in [0.25, 0.3) is 0 Å². The van der Waals surface area contributed by atoms with E-state index >= 15 is 0 Å². The van der Waals surface area contributed by atoms with Crippen molar-refractivity contribution < 1.29 is 19.2 Å². The van der Waals surface area contributed by atoms with Gasteiger partial charge in [-0.25, -0.2) is 4.90 Å². The second-order valence-corrected chi connectivity index (χ2v) is 7.34. The topological polar surface area (TPSA) is 63.4 Å². The van der Waals surface area contributed by atoms with Crippen LogP contribution in [0.1, 0.15) is 35.2 Å². The lowest BCUT2D eigenvalue weighted by atomic mass is 9.89. The summed E-state index contributed by atoms with van der Waals surface area (Å²) in [5, 5.41) is 0. The highest BCUT2D eigenvalue weighted by molar-refractivity contribution is 6.29. The van der Waals surface area contributed by atoms with Crippen molar-refractivity contribution in [3.63, 3.8) is 0 Å². The molecular formula is C23H28N3O3+. The van der Waals surface area contributed by atoms with E-state index < -0.39 is 5.92 Å². The fourth-order valence-electron chi connectivity index (χ4n) is 3.41. The normalized spacial score (nSPS) is 16.6. The summed E-state index contributed by atoms with van der Waals surface area (Å²) < 4.78 is 5.46. The molecule has 0 fully saturated rings. The molecule has 152 valence electrons. The maximum atomic E-state index is 13.3. The Morgan fingerprint density at radius 3 is 2.52 bits per heavy atom. The molecule has 0 spiro atoms. The highest BCUT2D eigenvalue weighted by Gasteiger charge is 2.38. The van der Waals surface area contributed by atoms with E-state index in [9.17, 15) is 9.59 Å². The number of benzene rings is 2. The Balaban J connectivity index is 1.88. The molecule has 0 radical (unpaired) electrons. The molecule has 1 atom stereocenters. The number of rotatable bonds is 8. The van der Waals surface area contributed by atoms with Gasteiger partial charge in [-0.3, -0.25) is 14.6 Å². The Bertz CT molecular complexity index is 890. The first-order chi connectivity index (χ1) is 14.0. The molecule has 6 nitrogen and oxygen atoms in total. The summed E-state index contributed by atoms with van der Waals surface area (Å²) in [4.78, 5) is 33.4. The maximum Gasteiger partial charge on any atom is 0.265 e. The molecule has 1 aliphatic heterocycles. The summed E-state index contributed by atoms with van der Waals surface area (Å²) in [5.74, 6) is -0.452. The van der Waals surface area contributed by atoms with E-state index in [0.717, 1.165) is 13.0 Å². The minimum absolute atomic E-state index is 0.278. The van der Waals surface area contributed by atoms with Crippen molar-refractivity contribution in [2.45, 2.75) is 19.3 Å². The average molecular weight is 394 g/mol. The summed E-state index contributed by atoms with van der Waals surface area (Å²) >= 11 is 0. The number of aliphatic imine (C=N–C) groups is 1. The van der Waals surface area contributed by atoms with Crippen molar-refractivity contribution in [2.75, 3.05) is 38.7 Å². The van der Waals surface area contributed by atoms with Gasteiger partial charge in [0.05, 0.1) is 38.9 Å². The van der Waals surface area contributed by atoms with Gasteiger partial charge >= 0.3 is 0 Å². The van der Waals surface area contributed by atoms with Gasteiger partial charge in [0.2, 0.25) is 5.91 Å². The van der Waals surface area contributed by atoms with E-state index in [4.69, 9.17) is 4.74 Å². The summed E-state index contributed by atoms with van der Waals surface area (Å²) in [6.45, 7) is 4.14. The Kier molecular flexibility index (Phi) is 6.77. The SMILES string of the molecule is CCOc1ccc(N2C(=O)c3ccccc3[C@@H](C=NCCC[NH+](C)C)C2=O)cc1. The minimum Gasteiger partial charge on any atom is -0.494 e. The van der Waals surface area contributed by atoms with Gasteiger partial charge in [-0.1, -0.05) is 18.2 Å². The van der Waals surface area contributed by atoms with Crippen molar-refractivity contribution in [3.8, 4) is 5.75 Å². The lowest BCUT2D eigenvalue weighted by molar-refractivity contribution is -0.858. The molecule has 1 N–H and O–H groups in total. The van der Waals surface area contributed by atoms with Crippen LogP contribution in [0.5, 0.6) is 5.75 Å². The number of quaternary nitrogens is 1. The average Bonchev–Trinajstić information content (AvgIpc) is 2.71. The molecule has 2 aromatic rings. The Morgan fingerprint density at radius 2 is 1.83 bits per heavy atom. The van der Waals surface area contributed by atoms with Gasteiger partial charge in [-0.2, -0.15) is 0 Å². The predicted molar refractivity (Wildman–Crippen MR) is 114 cm³/mol. The molecule has 6 heteroatoms. The van der Waals surface area contributed by atoms with Crippen molar-refractivity contribution in [3.05, 3.63) is 59.7 Å². The van der Waals surface area contributed by atoms with Gasteiger partial charge in [-0.15, -0.1) is 0 Å². The largest absolute Gasteiger partial charge is 0.494 e. The van der Waals surface area contributed by atoms with Gasteiger partial charge in [0, 0.05) is 24.7 Å². The molecule has 29 heavy (non-hydrogen) atoms. The molecular weight excluding hydrogens is 366 g/mol. The molecule has 0 aromatic heterocycles. The molecule has 2 aromatic carbocycles. The van der Waals surface area contributed by atoms with Crippen LogP contribution in [0.4, 0.5) is 5.69 Å². The molecule has 0 bridgehead atoms. The van der Waals surface area contributed by atoms with Crippen LogP contribution in [0.3, 0.4) is 0 Å². The predicted octanol–water partition coefficient (Wildman–Crippen LogP) is 1.96. The second-order valence-electron chi connectivity index (χ2n) is 7.34. The first kappa shape index (κ1) is 20.7. The third-order valence-electron chi connectivity index (χ3n) is 4.84. The number of imide groups is 1. The van der Waals surface area contributed by atoms with Crippen LogP contribution in [0.15, 0.2) is 53.5 Å². The van der Waals surface area contributed by atoms with Crippen LogP contribution in [-0.2, 0) is 4.79 Å². The van der Waals surface area contributed by atoms with Crippen LogP contribution in [0, 0.1) is 0 Å². The van der Waals surface area contributed by atoms with Gasteiger partial charge < -0.3 is 9.64 Å². The summed E-state index contributed by atoms with van der Waals surface area (Å²) in [6, 6.07) is 14.3. The standard InChI is InChI=1S/C23H27N3O3/c1-4-29-18-12-10-17(11-13-18)26-22(27)20-9-6-5-8-19(20)21(23(26)28)16-24-14-7-15-25(2)3/h5-6,8-13,16,21H,4,7,14-15H2,1-3H3/p+1/t21-/m1/s1. The highest BCUT2D eigenvalue weighted by atomic mass is 16.5. The van der Waals surface area contributed by atoms with E-state index in [1.165, 1.54) is 9.80 Å². The first-order valence-electron chi connectivity index (χ1n) is 10.0. The van der Waals surface area contributed by atoms with Crippen LogP contribution in [0.2, 0.25) is 0 Å². The molecule has 1 heterocycles. The number of carbonyl (C=O) groups excluding carboxylic acids is 2. The highest BCUT2D eigenvalue weighted by Crippen LogP contribution is 2.32. The van der Waals surface area contributed by atoms with E-state index in [1.807, 2.05) is 25.1 Å². The fraction of sp³-hybridized carbons (Fsp3) is 0.348. The van der Waals surface area contributed by atoms with Crippen LogP contribution in [-0.4, -0.2) is 51.8 Å². The zero-order valence-corrected chi connectivity index (χ0v) is 17.2. The Morgan fingerprint density at radius 1 is 1.10 bits per heavy atom. The van der Waals surface area contributed by atoms with Crippen LogP contribution >= 0.6 is 0 Å². The molecule has 0 saturated heterocycles. The molecule has 0 saturated carbocycles. The minimum atomic E-state index is -0.567. The maximum absolute atomic E-state index is 13.3. The summed E-state index contributed by atoms with van der Waals surface area (Å²) in [5.41, 5.74) is 1.79. The number of fused-ring (bicyclic) bond motifs is 1. The van der Waals surface area contributed by atoms with E-state index in [-0.39, 0.29) is 11.8 Å². The number of nitrogens with zero attached hydrogens (tertiary/aromatic N) is 2. The Labute approximate surface area is 171 Å². The quantitative estimate of drug-likeness (QED) is 0.423. The number of ether oxygens (including phenoxy) is 1. The number of anilines is 1. The number of amides is 2. The number of hydrogen-bond donors (Lipinski definition) is 1.